The number of benzene rings is 1. The van der Waals surface area contributed by atoms with E-state index in [2.05, 4.69) is 24.5 Å². The van der Waals surface area contributed by atoms with Crippen LogP contribution in [0, 0.1) is 5.92 Å². The Balaban J connectivity index is 2.11. The van der Waals surface area contributed by atoms with Gasteiger partial charge in [-0.15, -0.1) is 0 Å². The summed E-state index contributed by atoms with van der Waals surface area (Å²) in [6, 6.07) is 7.71. The van der Waals surface area contributed by atoms with Crippen LogP contribution in [0.1, 0.15) is 49.9 Å². The average Bonchev–Trinajstić information content (AvgIpc) is 2.40. The van der Waals surface area contributed by atoms with Crippen LogP contribution in [0.3, 0.4) is 0 Å². The Labute approximate surface area is 109 Å². The van der Waals surface area contributed by atoms with Crippen molar-refractivity contribution in [2.75, 3.05) is 5.32 Å². The molecule has 1 aromatic carbocycles. The summed E-state index contributed by atoms with van der Waals surface area (Å²) in [5, 5.41) is 6.54. The van der Waals surface area contributed by atoms with Crippen molar-refractivity contribution in [2.24, 2.45) is 5.92 Å². The molecule has 2 N–H and O–H groups in total. The van der Waals surface area contributed by atoms with E-state index in [0.717, 1.165) is 24.1 Å². The summed E-state index contributed by atoms with van der Waals surface area (Å²) in [5.74, 6) is 0.548. The Hall–Kier alpha value is -1.51. The summed E-state index contributed by atoms with van der Waals surface area (Å²) in [6.07, 6.45) is 4.73. The lowest BCUT2D eigenvalue weighted by Gasteiger charge is -2.33. The van der Waals surface area contributed by atoms with E-state index in [1.807, 2.05) is 24.3 Å². The minimum atomic E-state index is 0.0456. The van der Waals surface area contributed by atoms with Crippen molar-refractivity contribution in [3.8, 4) is 0 Å². The summed E-state index contributed by atoms with van der Waals surface area (Å²) in [7, 11) is 0. The Morgan fingerprint density at radius 1 is 1.22 bits per heavy atom. The normalized spacial score (nSPS) is 19.7. The average molecular weight is 246 g/mol. The molecule has 1 aliphatic heterocycles. The molecule has 2 atom stereocenters. The maximum atomic E-state index is 12.0. The molecule has 0 aliphatic carbocycles. The van der Waals surface area contributed by atoms with Crippen molar-refractivity contribution in [1.29, 1.82) is 0 Å². The van der Waals surface area contributed by atoms with E-state index in [4.69, 9.17) is 0 Å². The number of para-hydroxylation sites is 1. The molecule has 2 unspecified atom stereocenters. The number of unbranched alkanes of at least 4 members (excludes halogenated alkanes) is 1. The van der Waals surface area contributed by atoms with Crippen LogP contribution in [0.5, 0.6) is 0 Å². The van der Waals surface area contributed by atoms with Gasteiger partial charge in [0.05, 0.1) is 5.56 Å². The molecule has 1 heterocycles. The third-order valence-electron chi connectivity index (χ3n) is 3.69. The Kier molecular flexibility index (Phi) is 4.24. The molecule has 1 aromatic rings. The van der Waals surface area contributed by atoms with Gasteiger partial charge in [-0.3, -0.25) is 4.79 Å². The summed E-state index contributed by atoms with van der Waals surface area (Å²) in [6.45, 7) is 4.39. The molecule has 1 aliphatic rings. The highest BCUT2D eigenvalue weighted by molar-refractivity contribution is 6.01. The molecule has 3 nitrogen and oxygen atoms in total. The van der Waals surface area contributed by atoms with Crippen molar-refractivity contribution in [1.82, 2.24) is 5.32 Å². The molecular weight excluding hydrogens is 224 g/mol. The van der Waals surface area contributed by atoms with Gasteiger partial charge in [0.15, 0.2) is 0 Å². The molecule has 98 valence electrons. The van der Waals surface area contributed by atoms with Crippen LogP contribution in [-0.2, 0) is 0 Å². The van der Waals surface area contributed by atoms with Crippen LogP contribution in [0.2, 0.25) is 0 Å². The molecule has 0 radical (unpaired) electrons. The van der Waals surface area contributed by atoms with Crippen molar-refractivity contribution in [3.05, 3.63) is 29.8 Å². The standard InChI is InChI=1S/C15H22N2O/c1-3-5-8-11(4-2)14-16-13-10-7-6-9-12(13)15(18)17-14/h6-7,9-11,14,16H,3-5,8H2,1-2H3,(H,17,18). The number of carbonyl (C=O) groups is 1. The van der Waals surface area contributed by atoms with Gasteiger partial charge >= 0.3 is 0 Å². The molecule has 0 bridgehead atoms. The zero-order valence-corrected chi connectivity index (χ0v) is 11.2. The molecule has 0 saturated carbocycles. The van der Waals surface area contributed by atoms with Crippen LogP contribution in [0.15, 0.2) is 24.3 Å². The van der Waals surface area contributed by atoms with Gasteiger partial charge in [0.25, 0.3) is 5.91 Å². The zero-order chi connectivity index (χ0) is 13.0. The maximum Gasteiger partial charge on any atom is 0.254 e. The van der Waals surface area contributed by atoms with Crippen molar-refractivity contribution < 1.29 is 4.79 Å². The number of hydrogen-bond donors (Lipinski definition) is 2. The number of carbonyl (C=O) groups excluding carboxylic acids is 1. The van der Waals surface area contributed by atoms with Gasteiger partial charge in [-0.25, -0.2) is 0 Å². The van der Waals surface area contributed by atoms with Gasteiger partial charge in [-0.1, -0.05) is 38.8 Å². The Morgan fingerprint density at radius 2 is 2.00 bits per heavy atom. The van der Waals surface area contributed by atoms with Gasteiger partial charge in [-0.05, 0) is 30.9 Å². The number of anilines is 1. The second-order valence-corrected chi connectivity index (χ2v) is 4.95. The fourth-order valence-corrected chi connectivity index (χ4v) is 2.54. The van der Waals surface area contributed by atoms with Gasteiger partial charge in [0.2, 0.25) is 0 Å². The quantitative estimate of drug-likeness (QED) is 0.836. The molecule has 18 heavy (non-hydrogen) atoms. The predicted octanol–water partition coefficient (Wildman–Crippen LogP) is 3.38. The molecule has 3 heteroatoms. The van der Waals surface area contributed by atoms with E-state index in [1.165, 1.54) is 12.8 Å². The van der Waals surface area contributed by atoms with E-state index in [-0.39, 0.29) is 12.1 Å². The predicted molar refractivity (Wildman–Crippen MR) is 74.6 cm³/mol. The molecule has 2 rings (SSSR count). The van der Waals surface area contributed by atoms with Gasteiger partial charge < -0.3 is 10.6 Å². The van der Waals surface area contributed by atoms with Gasteiger partial charge in [-0.2, -0.15) is 0 Å². The lowest BCUT2D eigenvalue weighted by atomic mass is 9.94. The lowest BCUT2D eigenvalue weighted by Crippen LogP contribution is -2.49. The van der Waals surface area contributed by atoms with Crippen molar-refractivity contribution in [2.45, 2.75) is 45.7 Å². The van der Waals surface area contributed by atoms with Gasteiger partial charge in [0, 0.05) is 5.69 Å². The maximum absolute atomic E-state index is 12.0. The second-order valence-electron chi connectivity index (χ2n) is 4.95. The Bertz CT molecular complexity index is 417. The molecule has 0 saturated heterocycles. The first-order valence-corrected chi connectivity index (χ1v) is 6.92. The van der Waals surface area contributed by atoms with Crippen molar-refractivity contribution >= 4 is 11.6 Å². The number of hydrogen-bond acceptors (Lipinski definition) is 2. The zero-order valence-electron chi connectivity index (χ0n) is 11.2. The molecule has 0 spiro atoms. The number of nitrogens with one attached hydrogen (secondary N) is 2. The third-order valence-corrected chi connectivity index (χ3v) is 3.69. The lowest BCUT2D eigenvalue weighted by molar-refractivity contribution is 0.0919. The van der Waals surface area contributed by atoms with Crippen LogP contribution in [0.4, 0.5) is 5.69 Å². The van der Waals surface area contributed by atoms with E-state index >= 15 is 0 Å². The largest absolute Gasteiger partial charge is 0.364 e. The Morgan fingerprint density at radius 3 is 2.72 bits per heavy atom. The SMILES string of the molecule is CCCCC(CC)C1NC(=O)c2ccccc2N1. The van der Waals surface area contributed by atoms with Crippen LogP contribution in [0.25, 0.3) is 0 Å². The third kappa shape index (κ3) is 2.66. The molecular formula is C15H22N2O. The smallest absolute Gasteiger partial charge is 0.254 e. The number of rotatable bonds is 5. The molecule has 1 amide bonds. The highest BCUT2D eigenvalue weighted by Crippen LogP contribution is 2.25. The first-order valence-electron chi connectivity index (χ1n) is 6.92. The highest BCUT2D eigenvalue weighted by atomic mass is 16.2. The summed E-state index contributed by atoms with van der Waals surface area (Å²) < 4.78 is 0. The highest BCUT2D eigenvalue weighted by Gasteiger charge is 2.27. The number of amides is 1. The van der Waals surface area contributed by atoms with Crippen LogP contribution < -0.4 is 10.6 Å². The minimum Gasteiger partial charge on any atom is -0.364 e. The minimum absolute atomic E-state index is 0.0456. The molecule has 0 aromatic heterocycles. The first kappa shape index (κ1) is 12.9. The fraction of sp³-hybridized carbons (Fsp3) is 0.533. The van der Waals surface area contributed by atoms with Gasteiger partial charge in [0.1, 0.15) is 6.17 Å². The van der Waals surface area contributed by atoms with E-state index in [1.54, 1.807) is 0 Å². The summed E-state index contributed by atoms with van der Waals surface area (Å²) >= 11 is 0. The summed E-state index contributed by atoms with van der Waals surface area (Å²) in [4.78, 5) is 12.0. The second kappa shape index (κ2) is 5.89. The van der Waals surface area contributed by atoms with Crippen molar-refractivity contribution in [3.63, 3.8) is 0 Å². The van der Waals surface area contributed by atoms with E-state index in [9.17, 15) is 4.79 Å². The molecule has 0 fully saturated rings. The fourth-order valence-electron chi connectivity index (χ4n) is 2.54. The van der Waals surface area contributed by atoms with Crippen LogP contribution in [-0.4, -0.2) is 12.1 Å². The summed E-state index contributed by atoms with van der Waals surface area (Å²) in [5.41, 5.74) is 1.71. The monoisotopic (exact) mass is 246 g/mol. The van der Waals surface area contributed by atoms with E-state index < -0.39 is 0 Å². The first-order chi connectivity index (χ1) is 8.76. The van der Waals surface area contributed by atoms with E-state index in [0.29, 0.717) is 5.92 Å². The topological polar surface area (TPSA) is 41.1 Å². The number of fused-ring (bicyclic) bond motifs is 1. The van der Waals surface area contributed by atoms with Crippen LogP contribution >= 0.6 is 0 Å².